The molecule has 1 saturated carbocycles. The van der Waals surface area contributed by atoms with Gasteiger partial charge in [-0.25, -0.2) is 18.3 Å². The molecule has 158 valence electrons. The number of hydrogen-bond donors (Lipinski definition) is 1. The fourth-order valence-electron chi connectivity index (χ4n) is 4.92. The average Bonchev–Trinajstić information content (AvgIpc) is 3.32. The van der Waals surface area contributed by atoms with E-state index in [4.69, 9.17) is 0 Å². The van der Waals surface area contributed by atoms with Crippen molar-refractivity contribution in [3.05, 3.63) is 42.1 Å². The lowest BCUT2D eigenvalue weighted by Crippen LogP contribution is -2.55. The van der Waals surface area contributed by atoms with Gasteiger partial charge in [-0.05, 0) is 44.2 Å². The molecule has 8 nitrogen and oxygen atoms in total. The van der Waals surface area contributed by atoms with Crippen molar-refractivity contribution in [3.8, 4) is 0 Å². The second kappa shape index (κ2) is 7.12. The number of halogens is 2. The van der Waals surface area contributed by atoms with E-state index in [1.54, 1.807) is 23.1 Å². The van der Waals surface area contributed by atoms with Crippen LogP contribution in [-0.4, -0.2) is 55.3 Å². The molecule has 3 aromatic heterocycles. The van der Waals surface area contributed by atoms with E-state index in [0.717, 1.165) is 38.8 Å². The van der Waals surface area contributed by atoms with E-state index < -0.39 is 18.0 Å². The second-order valence-corrected chi connectivity index (χ2v) is 8.51. The number of anilines is 1. The highest BCUT2D eigenvalue weighted by molar-refractivity contribution is 6.08. The van der Waals surface area contributed by atoms with Crippen LogP contribution in [0.2, 0.25) is 0 Å². The molecule has 1 aliphatic heterocycles. The first-order chi connectivity index (χ1) is 14.4. The number of alkyl halides is 2. The highest BCUT2D eigenvalue weighted by atomic mass is 19.3. The van der Waals surface area contributed by atoms with Crippen LogP contribution in [0.15, 0.2) is 30.9 Å². The van der Waals surface area contributed by atoms with Gasteiger partial charge < -0.3 is 10.2 Å². The van der Waals surface area contributed by atoms with Crippen molar-refractivity contribution < 1.29 is 13.6 Å². The van der Waals surface area contributed by atoms with Crippen LogP contribution in [0.25, 0.3) is 5.65 Å². The maximum atomic E-state index is 13.6. The number of carbonyl (C=O) groups is 1. The molecule has 0 radical (unpaired) electrons. The number of hydrogen-bond acceptors (Lipinski definition) is 5. The molecule has 30 heavy (non-hydrogen) atoms. The Bertz CT molecular complexity index is 1080. The van der Waals surface area contributed by atoms with Gasteiger partial charge in [-0.3, -0.25) is 9.48 Å². The molecular weight excluding hydrogens is 392 g/mol. The largest absolute Gasteiger partial charge is 0.319 e. The number of rotatable bonds is 4. The molecule has 0 atom stereocenters. The SMILES string of the molecule is CN1CC2(CCC(n3cc(NC(=O)c4cnn5cccnc45)c(C(F)F)n3)CC2)C1. The molecule has 2 aliphatic rings. The molecule has 0 bridgehead atoms. The van der Waals surface area contributed by atoms with Gasteiger partial charge in [0.25, 0.3) is 12.3 Å². The van der Waals surface area contributed by atoms with E-state index in [1.165, 1.54) is 16.9 Å². The molecule has 3 aromatic rings. The van der Waals surface area contributed by atoms with Gasteiger partial charge in [0.2, 0.25) is 0 Å². The maximum absolute atomic E-state index is 13.6. The Morgan fingerprint density at radius 3 is 2.77 bits per heavy atom. The van der Waals surface area contributed by atoms with E-state index >= 15 is 0 Å². The van der Waals surface area contributed by atoms with Crippen LogP contribution in [0.5, 0.6) is 0 Å². The fourth-order valence-corrected chi connectivity index (χ4v) is 4.92. The Hall–Kier alpha value is -2.88. The minimum atomic E-state index is -2.78. The average molecular weight is 415 g/mol. The summed E-state index contributed by atoms with van der Waals surface area (Å²) < 4.78 is 30.3. The molecule has 2 fully saturated rings. The number of carbonyl (C=O) groups excluding carboxylic acids is 1. The maximum Gasteiger partial charge on any atom is 0.284 e. The van der Waals surface area contributed by atoms with Crippen molar-refractivity contribution in [2.75, 3.05) is 25.5 Å². The summed E-state index contributed by atoms with van der Waals surface area (Å²) in [6.45, 7) is 2.21. The summed E-state index contributed by atoms with van der Waals surface area (Å²) in [5.74, 6) is -0.537. The second-order valence-electron chi connectivity index (χ2n) is 8.51. The predicted octanol–water partition coefficient (Wildman–Crippen LogP) is 3.16. The van der Waals surface area contributed by atoms with Crippen molar-refractivity contribution in [3.63, 3.8) is 0 Å². The van der Waals surface area contributed by atoms with Crippen LogP contribution in [0, 0.1) is 5.41 Å². The summed E-state index contributed by atoms with van der Waals surface area (Å²) in [7, 11) is 2.12. The standard InChI is InChI=1S/C20H23F2N7O/c1-27-11-20(12-27)5-3-13(4-6-20)29-10-15(16(26-29)17(21)22)25-19(30)14-9-24-28-8-2-7-23-18(14)28/h2,7-10,13,17H,3-6,11-12H2,1H3,(H,25,30). The predicted molar refractivity (Wildman–Crippen MR) is 106 cm³/mol. The first kappa shape index (κ1) is 19.1. The highest BCUT2D eigenvalue weighted by Gasteiger charge is 2.44. The molecule has 0 aromatic carbocycles. The van der Waals surface area contributed by atoms with Crippen molar-refractivity contribution in [1.29, 1.82) is 0 Å². The molecule has 4 heterocycles. The number of fused-ring (bicyclic) bond motifs is 1. The number of aromatic nitrogens is 5. The Labute approximate surface area is 171 Å². The molecule has 1 saturated heterocycles. The smallest absolute Gasteiger partial charge is 0.284 e. The van der Waals surface area contributed by atoms with Crippen LogP contribution < -0.4 is 5.32 Å². The number of likely N-dealkylation sites (tertiary alicyclic amines) is 1. The highest BCUT2D eigenvalue weighted by Crippen LogP contribution is 2.46. The van der Waals surface area contributed by atoms with E-state index in [1.807, 2.05) is 0 Å². The van der Waals surface area contributed by atoms with Gasteiger partial charge in [0.15, 0.2) is 11.3 Å². The van der Waals surface area contributed by atoms with Gasteiger partial charge in [0, 0.05) is 31.7 Å². The fraction of sp³-hybridized carbons (Fsp3) is 0.500. The van der Waals surface area contributed by atoms with E-state index in [-0.39, 0.29) is 17.3 Å². The Balaban J connectivity index is 1.35. The van der Waals surface area contributed by atoms with Gasteiger partial charge in [-0.1, -0.05) is 0 Å². The van der Waals surface area contributed by atoms with Crippen molar-refractivity contribution in [1.82, 2.24) is 29.3 Å². The Morgan fingerprint density at radius 1 is 1.30 bits per heavy atom. The van der Waals surface area contributed by atoms with Crippen LogP contribution >= 0.6 is 0 Å². The van der Waals surface area contributed by atoms with Crippen LogP contribution in [0.3, 0.4) is 0 Å². The minimum absolute atomic E-state index is 0.0361. The summed E-state index contributed by atoms with van der Waals surface area (Å²) in [6.07, 6.45) is 7.30. The third-order valence-corrected chi connectivity index (χ3v) is 6.34. The first-order valence-electron chi connectivity index (χ1n) is 10.1. The van der Waals surface area contributed by atoms with E-state index in [2.05, 4.69) is 32.4 Å². The Kier molecular flexibility index (Phi) is 4.53. The zero-order valence-electron chi connectivity index (χ0n) is 16.6. The molecule has 1 spiro atoms. The minimum Gasteiger partial charge on any atom is -0.319 e. The van der Waals surface area contributed by atoms with Crippen molar-refractivity contribution in [2.24, 2.45) is 5.41 Å². The quantitative estimate of drug-likeness (QED) is 0.708. The van der Waals surface area contributed by atoms with Crippen molar-refractivity contribution in [2.45, 2.75) is 38.2 Å². The summed E-state index contributed by atoms with van der Waals surface area (Å²) in [4.78, 5) is 19.2. The summed E-state index contributed by atoms with van der Waals surface area (Å²) >= 11 is 0. The Morgan fingerprint density at radius 2 is 2.07 bits per heavy atom. The van der Waals surface area contributed by atoms with Gasteiger partial charge >= 0.3 is 0 Å². The zero-order chi connectivity index (χ0) is 20.9. The van der Waals surface area contributed by atoms with Gasteiger partial charge in [-0.2, -0.15) is 10.2 Å². The van der Waals surface area contributed by atoms with Gasteiger partial charge in [-0.15, -0.1) is 0 Å². The van der Waals surface area contributed by atoms with Crippen LogP contribution in [0.1, 0.15) is 54.2 Å². The molecule has 10 heteroatoms. The van der Waals surface area contributed by atoms with E-state index in [0.29, 0.717) is 11.1 Å². The van der Waals surface area contributed by atoms with Crippen LogP contribution in [0.4, 0.5) is 14.5 Å². The lowest BCUT2D eigenvalue weighted by molar-refractivity contribution is -0.0207. The molecule has 1 amide bonds. The third kappa shape index (κ3) is 3.24. The lowest BCUT2D eigenvalue weighted by atomic mass is 9.67. The number of nitrogens with zero attached hydrogens (tertiary/aromatic N) is 6. The molecule has 1 aliphatic carbocycles. The van der Waals surface area contributed by atoms with Gasteiger partial charge in [0.1, 0.15) is 5.56 Å². The molecule has 0 unspecified atom stereocenters. The van der Waals surface area contributed by atoms with Crippen molar-refractivity contribution >= 4 is 17.2 Å². The third-order valence-electron chi connectivity index (χ3n) is 6.34. The number of amides is 1. The normalized spacial score (nSPS) is 19.5. The molecular formula is C20H23F2N7O. The molecule has 5 rings (SSSR count). The van der Waals surface area contributed by atoms with Gasteiger partial charge in [0.05, 0.1) is 17.9 Å². The summed E-state index contributed by atoms with van der Waals surface area (Å²) in [6, 6.07) is 1.76. The zero-order valence-corrected chi connectivity index (χ0v) is 16.6. The summed E-state index contributed by atoms with van der Waals surface area (Å²) in [5.41, 5.74) is 0.601. The van der Waals surface area contributed by atoms with E-state index in [9.17, 15) is 13.6 Å². The summed E-state index contributed by atoms with van der Waals surface area (Å²) in [5, 5.41) is 10.8. The van der Waals surface area contributed by atoms with Crippen LogP contribution in [-0.2, 0) is 0 Å². The number of nitrogens with one attached hydrogen (secondary N) is 1. The first-order valence-corrected chi connectivity index (χ1v) is 10.1. The lowest BCUT2D eigenvalue weighted by Gasteiger charge is -2.52. The monoisotopic (exact) mass is 415 g/mol. The molecule has 1 N–H and O–H groups in total. The topological polar surface area (TPSA) is 80.3 Å².